The predicted octanol–water partition coefficient (Wildman–Crippen LogP) is 3.56. The molecule has 0 aromatic heterocycles. The van der Waals surface area contributed by atoms with Crippen molar-refractivity contribution in [3.63, 3.8) is 0 Å². The fourth-order valence-corrected chi connectivity index (χ4v) is 0.428. The molecule has 1 nitrogen and oxygen atoms in total. The number of hydrogen-bond donors (Lipinski definition) is 1. The fourth-order valence-electron chi connectivity index (χ4n) is 0.428. The van der Waals surface area contributed by atoms with Crippen molar-refractivity contribution >= 4 is 11.6 Å². The monoisotopic (exact) mass is 184 g/mol. The summed E-state index contributed by atoms with van der Waals surface area (Å²) in [5, 5.41) is 8.63. The summed E-state index contributed by atoms with van der Waals surface area (Å²) in [6, 6.07) is 8.71. The maximum absolute atomic E-state index is 8.63. The molecule has 0 heterocycles. The van der Waals surface area contributed by atoms with Gasteiger partial charge in [-0.05, 0) is 17.7 Å². The van der Waals surface area contributed by atoms with E-state index in [1.807, 2.05) is 6.07 Å². The fraction of sp³-hybridized carbons (Fsp3) is 0. The molecule has 2 heteroatoms. The van der Waals surface area contributed by atoms with Crippen LogP contribution in [0.1, 0.15) is 0 Å². The van der Waals surface area contributed by atoms with Crippen molar-refractivity contribution in [2.45, 2.75) is 0 Å². The molecule has 1 rings (SSSR count). The van der Waals surface area contributed by atoms with Crippen molar-refractivity contribution in [2.75, 3.05) is 0 Å². The number of phenols is 1. The quantitative estimate of drug-likeness (QED) is 0.612. The van der Waals surface area contributed by atoms with E-state index in [1.54, 1.807) is 24.3 Å². The van der Waals surface area contributed by atoms with Gasteiger partial charge in [0, 0.05) is 0 Å². The van der Waals surface area contributed by atoms with Gasteiger partial charge in [0.1, 0.15) is 5.75 Å². The summed E-state index contributed by atoms with van der Waals surface area (Å²) < 4.78 is 0. The molecule has 12 heavy (non-hydrogen) atoms. The first-order valence-corrected chi connectivity index (χ1v) is 3.70. The molecular formula is C10H13ClO. The number of phenolic OH excluding ortho intramolecular Hbond substituents is 1. The summed E-state index contributed by atoms with van der Waals surface area (Å²) in [7, 11) is 0. The molecule has 66 valence electrons. The van der Waals surface area contributed by atoms with Crippen LogP contribution in [0.5, 0.6) is 5.75 Å². The van der Waals surface area contributed by atoms with Gasteiger partial charge in [0.05, 0.1) is 0 Å². The summed E-state index contributed by atoms with van der Waals surface area (Å²) >= 11 is 4.76. The van der Waals surface area contributed by atoms with Crippen LogP contribution in [0.4, 0.5) is 0 Å². The zero-order chi connectivity index (χ0) is 9.82. The Balaban J connectivity index is 0. The average molecular weight is 185 g/mol. The molecule has 0 saturated heterocycles. The van der Waals surface area contributed by atoms with Crippen LogP contribution in [-0.2, 0) is 0 Å². The summed E-state index contributed by atoms with van der Waals surface area (Å²) in [5.41, 5.74) is 1.22. The Labute approximate surface area is 78.6 Å². The highest BCUT2D eigenvalue weighted by molar-refractivity contribution is 6.25. The van der Waals surface area contributed by atoms with Gasteiger partial charge >= 0.3 is 0 Å². The van der Waals surface area contributed by atoms with Gasteiger partial charge in [0.2, 0.25) is 0 Å². The lowest BCUT2D eigenvalue weighted by molar-refractivity contribution is 0.475. The second-order valence-electron chi connectivity index (χ2n) is 1.49. The number of para-hydroxylation sites is 1. The smallest absolute Gasteiger partial charge is 0.115 e. The summed E-state index contributed by atoms with van der Waals surface area (Å²) in [6.07, 6.45) is 0. The third kappa shape index (κ3) is 11.6. The normalized spacial score (nSPS) is 6.42. The molecule has 0 bridgehead atoms. The molecule has 0 spiro atoms. The minimum Gasteiger partial charge on any atom is -0.508 e. The van der Waals surface area contributed by atoms with E-state index in [2.05, 4.69) is 19.7 Å². The Kier molecular flexibility index (Phi) is 13.9. The van der Waals surface area contributed by atoms with Crippen molar-refractivity contribution in [1.29, 1.82) is 0 Å². The standard InChI is InChI=1S/C6H6O.C2H3Cl.C2H4/c7-6-4-2-1-3-5-6;1-2-3;1-2/h1-5,7H;2H,1H2;1-2H2. The van der Waals surface area contributed by atoms with E-state index in [9.17, 15) is 0 Å². The van der Waals surface area contributed by atoms with Crippen molar-refractivity contribution in [2.24, 2.45) is 0 Å². The highest BCUT2D eigenvalue weighted by atomic mass is 35.5. The van der Waals surface area contributed by atoms with Crippen LogP contribution in [0.15, 0.2) is 55.6 Å². The van der Waals surface area contributed by atoms with E-state index >= 15 is 0 Å². The third-order valence-corrected chi connectivity index (χ3v) is 0.756. The Morgan fingerprint density at radius 2 is 1.50 bits per heavy atom. The molecular weight excluding hydrogens is 172 g/mol. The predicted molar refractivity (Wildman–Crippen MR) is 55.4 cm³/mol. The van der Waals surface area contributed by atoms with E-state index in [-0.39, 0.29) is 0 Å². The molecule has 0 saturated carbocycles. The highest BCUT2D eigenvalue weighted by Crippen LogP contribution is 2.02. The second-order valence-corrected chi connectivity index (χ2v) is 1.80. The maximum atomic E-state index is 8.63. The van der Waals surface area contributed by atoms with Gasteiger partial charge in [-0.1, -0.05) is 36.4 Å². The van der Waals surface area contributed by atoms with Crippen LogP contribution < -0.4 is 0 Å². The number of rotatable bonds is 0. The molecule has 0 radical (unpaired) electrons. The van der Waals surface area contributed by atoms with Gasteiger partial charge in [-0.15, -0.1) is 13.2 Å². The van der Waals surface area contributed by atoms with E-state index in [0.717, 1.165) is 0 Å². The van der Waals surface area contributed by atoms with Crippen LogP contribution in [0, 0.1) is 0 Å². The molecule has 1 aromatic carbocycles. The molecule has 0 fully saturated rings. The number of benzene rings is 1. The Bertz CT molecular complexity index is 184. The summed E-state index contributed by atoms with van der Waals surface area (Å²) in [6.45, 7) is 9.13. The van der Waals surface area contributed by atoms with Crippen LogP contribution in [-0.4, -0.2) is 5.11 Å². The molecule has 0 aliphatic heterocycles. The van der Waals surface area contributed by atoms with E-state index in [1.165, 1.54) is 5.54 Å². The van der Waals surface area contributed by atoms with Crippen molar-refractivity contribution < 1.29 is 5.11 Å². The average Bonchev–Trinajstić information content (AvgIpc) is 2.11. The van der Waals surface area contributed by atoms with Crippen LogP contribution in [0.25, 0.3) is 0 Å². The molecule has 0 unspecified atom stereocenters. The van der Waals surface area contributed by atoms with Gasteiger partial charge in [-0.25, -0.2) is 0 Å². The first kappa shape index (κ1) is 13.4. The van der Waals surface area contributed by atoms with Gasteiger partial charge in [0.25, 0.3) is 0 Å². The van der Waals surface area contributed by atoms with Crippen LogP contribution in [0.3, 0.4) is 0 Å². The minimum atomic E-state index is 0.322. The second kappa shape index (κ2) is 12.5. The molecule has 1 N–H and O–H groups in total. The zero-order valence-electron chi connectivity index (χ0n) is 6.91. The third-order valence-electron chi connectivity index (χ3n) is 0.756. The summed E-state index contributed by atoms with van der Waals surface area (Å²) in [4.78, 5) is 0. The first-order chi connectivity index (χ1) is 5.81. The summed E-state index contributed by atoms with van der Waals surface area (Å²) in [5.74, 6) is 0.322. The van der Waals surface area contributed by atoms with E-state index in [0.29, 0.717) is 5.75 Å². The van der Waals surface area contributed by atoms with Gasteiger partial charge in [-0.3, -0.25) is 0 Å². The van der Waals surface area contributed by atoms with Crippen LogP contribution >= 0.6 is 11.6 Å². The Morgan fingerprint density at radius 1 is 1.17 bits per heavy atom. The Hall–Kier alpha value is -1.21. The molecule has 0 aliphatic carbocycles. The van der Waals surface area contributed by atoms with Crippen molar-refractivity contribution in [3.05, 3.63) is 55.6 Å². The SMILES string of the molecule is C=C.C=CCl.Oc1ccccc1. The van der Waals surface area contributed by atoms with Gasteiger partial charge < -0.3 is 5.11 Å². The first-order valence-electron chi connectivity index (χ1n) is 3.26. The van der Waals surface area contributed by atoms with Gasteiger partial charge in [0.15, 0.2) is 0 Å². The highest BCUT2D eigenvalue weighted by Gasteiger charge is 1.74. The largest absolute Gasteiger partial charge is 0.508 e. The zero-order valence-corrected chi connectivity index (χ0v) is 7.67. The molecule has 0 amide bonds. The van der Waals surface area contributed by atoms with Crippen molar-refractivity contribution in [3.8, 4) is 5.75 Å². The van der Waals surface area contributed by atoms with Gasteiger partial charge in [-0.2, -0.15) is 0 Å². The number of aromatic hydroxyl groups is 1. The molecule has 0 atom stereocenters. The molecule has 0 aliphatic rings. The Morgan fingerprint density at radius 3 is 1.67 bits per heavy atom. The van der Waals surface area contributed by atoms with Crippen molar-refractivity contribution in [1.82, 2.24) is 0 Å². The number of halogens is 1. The van der Waals surface area contributed by atoms with E-state index in [4.69, 9.17) is 16.7 Å². The molecule has 1 aromatic rings. The maximum Gasteiger partial charge on any atom is 0.115 e. The topological polar surface area (TPSA) is 20.2 Å². The van der Waals surface area contributed by atoms with E-state index < -0.39 is 0 Å². The minimum absolute atomic E-state index is 0.322. The lowest BCUT2D eigenvalue weighted by atomic mass is 10.3. The lowest BCUT2D eigenvalue weighted by Crippen LogP contribution is -1.56. The lowest BCUT2D eigenvalue weighted by Gasteiger charge is -1.82. The van der Waals surface area contributed by atoms with Crippen LogP contribution in [0.2, 0.25) is 0 Å². The number of hydrogen-bond acceptors (Lipinski definition) is 1.